The number of benzene rings is 1. The van der Waals surface area contributed by atoms with Gasteiger partial charge in [0.15, 0.2) is 0 Å². The van der Waals surface area contributed by atoms with Crippen LogP contribution in [0.25, 0.3) is 5.69 Å². The third-order valence-corrected chi connectivity index (χ3v) is 5.53. The summed E-state index contributed by atoms with van der Waals surface area (Å²) in [5.74, 6) is -1.22. The summed E-state index contributed by atoms with van der Waals surface area (Å²) >= 11 is 1.45. The molecule has 32 heavy (non-hydrogen) atoms. The van der Waals surface area contributed by atoms with Crippen molar-refractivity contribution < 1.29 is 22.8 Å². The van der Waals surface area contributed by atoms with Gasteiger partial charge in [-0.1, -0.05) is 6.07 Å². The van der Waals surface area contributed by atoms with Crippen molar-refractivity contribution in [1.29, 1.82) is 0 Å². The molecule has 10 heteroatoms. The number of carbonyl (C=O) groups is 2. The van der Waals surface area contributed by atoms with E-state index in [9.17, 15) is 27.6 Å². The molecule has 1 N–H and O–H groups in total. The molecule has 0 unspecified atom stereocenters. The van der Waals surface area contributed by atoms with Gasteiger partial charge in [-0.15, -0.1) is 0 Å². The second-order valence-corrected chi connectivity index (χ2v) is 8.04. The largest absolute Gasteiger partial charge is 0.416 e. The second-order valence-electron chi connectivity index (χ2n) is 7.26. The number of pyridine rings is 1. The van der Waals surface area contributed by atoms with E-state index in [4.69, 9.17) is 0 Å². The predicted molar refractivity (Wildman–Crippen MR) is 115 cm³/mol. The summed E-state index contributed by atoms with van der Waals surface area (Å²) < 4.78 is 40.7. The van der Waals surface area contributed by atoms with E-state index in [1.807, 2.05) is 16.8 Å². The Morgan fingerprint density at radius 2 is 1.84 bits per heavy atom. The van der Waals surface area contributed by atoms with Crippen molar-refractivity contribution >= 4 is 23.2 Å². The lowest BCUT2D eigenvalue weighted by Gasteiger charge is -2.19. The average molecular weight is 463 g/mol. The minimum Gasteiger partial charge on any atom is -0.348 e. The highest BCUT2D eigenvalue weighted by molar-refractivity contribution is 7.07. The zero-order chi connectivity index (χ0) is 23.6. The molecular formula is C22H20F3N3O3S. The topological polar surface area (TPSA) is 71.4 Å². The summed E-state index contributed by atoms with van der Waals surface area (Å²) in [6, 6.07) is 7.18. The summed E-state index contributed by atoms with van der Waals surface area (Å²) in [7, 11) is 3.00. The SMILES string of the molecule is Cc1c(C(=O)N(C)C)cc(C(=O)NCc2ccsc2)c(=O)n1-c1cccc(C(F)(F)F)c1. The number of amides is 2. The summed E-state index contributed by atoms with van der Waals surface area (Å²) in [6.45, 7) is 1.61. The van der Waals surface area contributed by atoms with Gasteiger partial charge >= 0.3 is 6.18 Å². The fraction of sp³-hybridized carbons (Fsp3) is 0.227. The molecule has 0 aliphatic heterocycles. The number of hydrogen-bond donors (Lipinski definition) is 1. The normalized spacial score (nSPS) is 11.3. The van der Waals surface area contributed by atoms with Crippen LogP contribution in [0.1, 0.15) is 37.5 Å². The first-order valence-electron chi connectivity index (χ1n) is 9.46. The molecular weight excluding hydrogens is 443 g/mol. The molecule has 0 spiro atoms. The van der Waals surface area contributed by atoms with Gasteiger partial charge in [0.25, 0.3) is 17.4 Å². The maximum absolute atomic E-state index is 13.2. The highest BCUT2D eigenvalue weighted by Crippen LogP contribution is 2.30. The second kappa shape index (κ2) is 8.99. The molecule has 2 heterocycles. The van der Waals surface area contributed by atoms with Crippen molar-refractivity contribution in [3.05, 3.63) is 85.5 Å². The zero-order valence-corrected chi connectivity index (χ0v) is 18.3. The Kier molecular flexibility index (Phi) is 6.54. The van der Waals surface area contributed by atoms with Gasteiger partial charge in [-0.05, 0) is 53.6 Å². The monoisotopic (exact) mass is 463 g/mol. The summed E-state index contributed by atoms with van der Waals surface area (Å²) in [6.07, 6.45) is -4.62. The molecule has 0 aliphatic carbocycles. The number of thiophene rings is 1. The Morgan fingerprint density at radius 3 is 2.44 bits per heavy atom. The van der Waals surface area contributed by atoms with Crippen LogP contribution in [0.4, 0.5) is 13.2 Å². The Balaban J connectivity index is 2.17. The number of nitrogens with zero attached hydrogens (tertiary/aromatic N) is 2. The summed E-state index contributed by atoms with van der Waals surface area (Å²) in [5.41, 5.74) is -1.21. The van der Waals surface area contributed by atoms with E-state index in [2.05, 4.69) is 5.32 Å². The standard InChI is InChI=1S/C22H20F3N3O3S/c1-13-17(20(30)27(2)3)10-18(19(29)26-11-14-7-8-32-12-14)21(31)28(13)16-6-4-5-15(9-16)22(23,24)25/h4-10,12H,11H2,1-3H3,(H,26,29). The smallest absolute Gasteiger partial charge is 0.348 e. The van der Waals surface area contributed by atoms with Crippen LogP contribution in [-0.4, -0.2) is 35.4 Å². The van der Waals surface area contributed by atoms with Crippen molar-refractivity contribution in [1.82, 2.24) is 14.8 Å². The number of alkyl halides is 3. The maximum atomic E-state index is 13.2. The highest BCUT2D eigenvalue weighted by atomic mass is 32.1. The molecule has 0 fully saturated rings. The molecule has 0 saturated heterocycles. The van der Waals surface area contributed by atoms with Crippen molar-refractivity contribution in [2.75, 3.05) is 14.1 Å². The average Bonchev–Trinajstić information content (AvgIpc) is 3.25. The van der Waals surface area contributed by atoms with E-state index < -0.39 is 29.1 Å². The maximum Gasteiger partial charge on any atom is 0.416 e. The Hall–Kier alpha value is -3.40. The van der Waals surface area contributed by atoms with E-state index in [1.54, 1.807) is 0 Å². The molecule has 6 nitrogen and oxygen atoms in total. The molecule has 2 aromatic heterocycles. The van der Waals surface area contributed by atoms with Gasteiger partial charge < -0.3 is 10.2 Å². The number of halogens is 3. The van der Waals surface area contributed by atoms with Crippen LogP contribution in [-0.2, 0) is 12.7 Å². The van der Waals surface area contributed by atoms with Gasteiger partial charge in [0.1, 0.15) is 5.56 Å². The van der Waals surface area contributed by atoms with E-state index in [1.165, 1.54) is 55.5 Å². The van der Waals surface area contributed by atoms with Crippen LogP contribution in [0.3, 0.4) is 0 Å². The first kappa shape index (κ1) is 23.3. The lowest BCUT2D eigenvalue weighted by molar-refractivity contribution is -0.137. The van der Waals surface area contributed by atoms with Crippen LogP contribution in [0.5, 0.6) is 0 Å². The van der Waals surface area contributed by atoms with Crippen molar-refractivity contribution in [3.63, 3.8) is 0 Å². The number of aromatic nitrogens is 1. The van der Waals surface area contributed by atoms with Crippen LogP contribution in [0, 0.1) is 6.92 Å². The number of rotatable bonds is 5. The minimum absolute atomic E-state index is 0.0349. The highest BCUT2D eigenvalue weighted by Gasteiger charge is 2.31. The molecule has 168 valence electrons. The lowest BCUT2D eigenvalue weighted by atomic mass is 10.1. The van der Waals surface area contributed by atoms with Crippen molar-refractivity contribution in [3.8, 4) is 5.69 Å². The molecule has 2 amide bonds. The Labute approximate surface area is 185 Å². The Morgan fingerprint density at radius 1 is 1.12 bits per heavy atom. The van der Waals surface area contributed by atoms with E-state index in [0.29, 0.717) is 0 Å². The van der Waals surface area contributed by atoms with Gasteiger partial charge in [0, 0.05) is 32.0 Å². The van der Waals surface area contributed by atoms with E-state index in [-0.39, 0.29) is 29.1 Å². The quantitative estimate of drug-likeness (QED) is 0.625. The van der Waals surface area contributed by atoms with E-state index in [0.717, 1.165) is 22.3 Å². The molecule has 0 saturated carbocycles. The van der Waals surface area contributed by atoms with Crippen LogP contribution >= 0.6 is 11.3 Å². The first-order valence-corrected chi connectivity index (χ1v) is 10.4. The lowest BCUT2D eigenvalue weighted by Crippen LogP contribution is -2.35. The van der Waals surface area contributed by atoms with E-state index >= 15 is 0 Å². The van der Waals surface area contributed by atoms with Gasteiger partial charge in [0.2, 0.25) is 0 Å². The van der Waals surface area contributed by atoms with Crippen molar-refractivity contribution in [2.45, 2.75) is 19.6 Å². The van der Waals surface area contributed by atoms with Gasteiger partial charge in [-0.2, -0.15) is 24.5 Å². The number of hydrogen-bond acceptors (Lipinski definition) is 4. The summed E-state index contributed by atoms with van der Waals surface area (Å²) in [4.78, 5) is 40.0. The van der Waals surface area contributed by atoms with Gasteiger partial charge in [-0.25, -0.2) is 0 Å². The minimum atomic E-state index is -4.62. The van der Waals surface area contributed by atoms with Crippen molar-refractivity contribution in [2.24, 2.45) is 0 Å². The molecule has 0 aliphatic rings. The fourth-order valence-corrected chi connectivity index (χ4v) is 3.80. The molecule has 1 aromatic carbocycles. The molecule has 0 radical (unpaired) electrons. The molecule has 3 rings (SSSR count). The van der Waals surface area contributed by atoms with Gasteiger partial charge in [0.05, 0.1) is 11.1 Å². The predicted octanol–water partition coefficient (Wildman–Crippen LogP) is 3.86. The van der Waals surface area contributed by atoms with Crippen LogP contribution in [0.2, 0.25) is 0 Å². The Bertz CT molecular complexity index is 1220. The molecule has 0 bridgehead atoms. The fourth-order valence-electron chi connectivity index (χ4n) is 3.13. The number of nitrogens with one attached hydrogen (secondary N) is 1. The summed E-state index contributed by atoms with van der Waals surface area (Å²) in [5, 5.41) is 6.29. The third kappa shape index (κ3) is 4.75. The molecule has 3 aromatic rings. The number of carbonyl (C=O) groups excluding carboxylic acids is 2. The van der Waals surface area contributed by atoms with Crippen LogP contribution in [0.15, 0.2) is 52.0 Å². The van der Waals surface area contributed by atoms with Gasteiger partial charge in [-0.3, -0.25) is 19.0 Å². The first-order chi connectivity index (χ1) is 15.0. The van der Waals surface area contributed by atoms with Crippen LogP contribution < -0.4 is 10.9 Å². The zero-order valence-electron chi connectivity index (χ0n) is 17.5. The third-order valence-electron chi connectivity index (χ3n) is 4.79. The molecule has 0 atom stereocenters.